The lowest BCUT2D eigenvalue weighted by Crippen LogP contribution is -2.61. The van der Waals surface area contributed by atoms with Crippen LogP contribution < -0.4 is 14.5 Å². The SMILES string of the molecule is Cc1ccc(N2C(=O)[C@H](CCC(=O)c3ccc(F)cc3)[C@H]2c2ccc(C[C@@H]3OC(CO)[C@@H](O)[C@H](O)C3O)cc2O)cc1.Cc1ccc(N2C(=O)[C@H](CCC(=O)c3ccc(F)cc3)[C@H]2c2ccc(C[C@@H]3OC(COCc4ccccc4)[C@@H](OCc4ccccc4)[C@@H](OCc4ccccc4)C3OCc3ccccc3)cc2OCc2ccccc2)cc1. The zero-order valence-electron chi connectivity index (χ0n) is 66.3. The molecule has 4 unspecified atom stereocenters. The molecule has 20 heteroatoms. The average Bonchev–Trinajstić information content (AvgIpc) is 0.733. The van der Waals surface area contributed by atoms with Crippen molar-refractivity contribution in [3.63, 3.8) is 0 Å². The van der Waals surface area contributed by atoms with Crippen LogP contribution in [0.1, 0.15) is 120 Å². The van der Waals surface area contributed by atoms with Crippen molar-refractivity contribution >= 4 is 34.8 Å². The maximum absolute atomic E-state index is 14.4. The summed E-state index contributed by atoms with van der Waals surface area (Å²) < 4.78 is 74.6. The van der Waals surface area contributed by atoms with Crippen LogP contribution in [0, 0.1) is 37.3 Å². The van der Waals surface area contributed by atoms with Crippen LogP contribution in [0.4, 0.5) is 20.2 Å². The summed E-state index contributed by atoms with van der Waals surface area (Å²) in [5, 5.41) is 51.2. The van der Waals surface area contributed by atoms with Gasteiger partial charge in [-0.05, 0) is 151 Å². The fourth-order valence-corrected chi connectivity index (χ4v) is 16.1. The topological polar surface area (TPSA) is 241 Å². The number of benzene rings is 11. The molecule has 2 amide bonds. The summed E-state index contributed by atoms with van der Waals surface area (Å²) in [5.74, 6) is -2.09. The van der Waals surface area contributed by atoms with E-state index in [1.54, 1.807) is 17.0 Å². The second-order valence-corrected chi connectivity index (χ2v) is 30.9. The van der Waals surface area contributed by atoms with Gasteiger partial charge in [-0.25, -0.2) is 8.78 Å². The first kappa shape index (κ1) is 84.2. The van der Waals surface area contributed by atoms with Gasteiger partial charge in [0.15, 0.2) is 11.6 Å². The van der Waals surface area contributed by atoms with Crippen molar-refractivity contribution in [3.05, 3.63) is 369 Å². The number of nitrogens with zero attached hydrogens (tertiary/aromatic N) is 2. The van der Waals surface area contributed by atoms with Gasteiger partial charge in [0.25, 0.3) is 0 Å². The molecular formula is C99H98F2N2O16. The van der Waals surface area contributed by atoms with Crippen LogP contribution >= 0.6 is 0 Å². The van der Waals surface area contributed by atoms with Crippen molar-refractivity contribution in [1.29, 1.82) is 0 Å². The van der Waals surface area contributed by atoms with Crippen LogP contribution in [0.25, 0.3) is 0 Å². The van der Waals surface area contributed by atoms with Crippen molar-refractivity contribution in [2.24, 2.45) is 11.8 Å². The Bertz CT molecular complexity index is 5140. The predicted octanol–water partition coefficient (Wildman–Crippen LogP) is 16.0. The number of phenols is 1. The van der Waals surface area contributed by atoms with Gasteiger partial charge in [0.05, 0.1) is 75.8 Å². The summed E-state index contributed by atoms with van der Waals surface area (Å²) in [4.78, 5) is 57.5. The Labute approximate surface area is 691 Å². The lowest BCUT2D eigenvalue weighted by atomic mass is 9.77. The van der Waals surface area contributed by atoms with Gasteiger partial charge in [-0.2, -0.15) is 0 Å². The summed E-state index contributed by atoms with van der Waals surface area (Å²) in [5.41, 5.74) is 12.1. The number of aliphatic hydroxyl groups is 4. The Morgan fingerprint density at radius 1 is 0.403 bits per heavy atom. The smallest absolute Gasteiger partial charge is 0.233 e. The number of ether oxygens (including phenoxy) is 7. The molecule has 0 aromatic heterocycles. The normalized spacial score (nSPS) is 22.7. The van der Waals surface area contributed by atoms with Crippen LogP contribution in [0.3, 0.4) is 0 Å². The lowest BCUT2D eigenvalue weighted by Gasteiger charge is -2.48. The molecule has 0 saturated carbocycles. The van der Waals surface area contributed by atoms with E-state index in [4.69, 9.17) is 33.2 Å². The number of β-lactam (4-membered cyclic amide) rings is 2. The number of hydrogen-bond acceptors (Lipinski definition) is 16. The second-order valence-electron chi connectivity index (χ2n) is 30.9. The number of phenolic OH excluding ortho intramolecular Hbond substituents is 1. The first-order chi connectivity index (χ1) is 57.9. The van der Waals surface area contributed by atoms with Gasteiger partial charge in [0, 0.05) is 59.3 Å². The number of ketones is 2. The summed E-state index contributed by atoms with van der Waals surface area (Å²) in [6.07, 6.45) is -8.14. The van der Waals surface area contributed by atoms with Crippen molar-refractivity contribution in [1.82, 2.24) is 0 Å². The Kier molecular flexibility index (Phi) is 28.3. The molecule has 4 heterocycles. The molecule has 18 nitrogen and oxygen atoms in total. The van der Waals surface area contributed by atoms with Gasteiger partial charge >= 0.3 is 0 Å². The minimum Gasteiger partial charge on any atom is -0.508 e. The van der Waals surface area contributed by atoms with E-state index < -0.39 is 103 Å². The second kappa shape index (κ2) is 40.0. The number of aromatic hydroxyl groups is 1. The zero-order valence-corrected chi connectivity index (χ0v) is 66.3. The van der Waals surface area contributed by atoms with Crippen LogP contribution in [-0.2, 0) is 83.9 Å². The van der Waals surface area contributed by atoms with Crippen LogP contribution in [0.15, 0.2) is 285 Å². The average molecular weight is 1610 g/mol. The number of amides is 2. The molecule has 4 fully saturated rings. The standard InChI is InChI=1S/C67H64FNO8.C32H34FNO8/c1-47-27-34-56(35-28-47)69-63(58(67(69)71)37-38-59(70)54-30-32-55(68)33-31-54)57-36-29-53(39-60(57)73-42-49-19-9-3-10-20-49)40-61-64(74-43-50-21-11-4-12-22-50)66(76-45-52-25-15-6-16-26-52)65(75-44-51-23-13-5-14-24-51)62(77-61)46-72-41-48-17-7-2-8-18-48;1-17-2-9-21(10-3-17)34-28(23(32(34)41)12-13-24(36)19-5-7-20(33)8-6-19)22-11-4-18(14-25(22)37)15-26-29(38)31(40)30(39)27(16-35)42-26/h2-36,39,58,61-66H,37-38,40-46H2,1H3;2-11,14,23,26-31,35,37-40H,12-13,15-16H2,1H3/t58-,61+,62?,63-,64?,65-,66+;23-,26+,27?,28-,29?,30-,31-/m11/s1. The van der Waals surface area contributed by atoms with Crippen molar-refractivity contribution in [2.45, 2.75) is 159 Å². The van der Waals surface area contributed by atoms with Gasteiger partial charge in [-0.3, -0.25) is 19.2 Å². The van der Waals surface area contributed by atoms with E-state index in [1.807, 2.05) is 207 Å². The highest BCUT2D eigenvalue weighted by Gasteiger charge is 2.53. The van der Waals surface area contributed by atoms with E-state index in [9.17, 15) is 53.5 Å². The van der Waals surface area contributed by atoms with Gasteiger partial charge in [-0.1, -0.05) is 211 Å². The predicted molar refractivity (Wildman–Crippen MR) is 446 cm³/mol. The summed E-state index contributed by atoms with van der Waals surface area (Å²) in [6, 6.07) is 86.6. The third-order valence-corrected chi connectivity index (χ3v) is 22.6. The van der Waals surface area contributed by atoms with Gasteiger partial charge < -0.3 is 68.5 Å². The maximum atomic E-state index is 14.4. The molecule has 119 heavy (non-hydrogen) atoms. The van der Waals surface area contributed by atoms with Crippen molar-refractivity contribution < 1.29 is 86.6 Å². The number of carbonyl (C=O) groups is 4. The fraction of sp³-hybridized carbons (Fsp3) is 0.293. The minimum absolute atomic E-state index is 0.0657. The van der Waals surface area contributed by atoms with E-state index in [0.717, 1.165) is 55.8 Å². The number of rotatable bonds is 33. The molecule has 0 bridgehead atoms. The first-order valence-corrected chi connectivity index (χ1v) is 40.4. The summed E-state index contributed by atoms with van der Waals surface area (Å²) >= 11 is 0. The third-order valence-electron chi connectivity index (χ3n) is 22.6. The number of anilines is 2. The molecule has 11 aromatic carbocycles. The molecule has 4 aliphatic heterocycles. The van der Waals surface area contributed by atoms with Crippen LogP contribution in [0.5, 0.6) is 11.5 Å². The molecule has 0 spiro atoms. The molecule has 11 aromatic rings. The highest BCUT2D eigenvalue weighted by Crippen LogP contribution is 2.51. The monoisotopic (exact) mass is 1610 g/mol. The van der Waals surface area contributed by atoms with Gasteiger partial charge in [0.1, 0.15) is 78.6 Å². The van der Waals surface area contributed by atoms with Crippen LogP contribution in [-0.4, -0.2) is 123 Å². The summed E-state index contributed by atoms with van der Waals surface area (Å²) in [6.45, 7) is 5.22. The van der Waals surface area contributed by atoms with Crippen molar-refractivity contribution in [2.75, 3.05) is 23.0 Å². The highest BCUT2D eigenvalue weighted by molar-refractivity contribution is 6.05. The quantitative estimate of drug-likeness (QED) is 0.0190. The minimum atomic E-state index is -1.50. The van der Waals surface area contributed by atoms with E-state index >= 15 is 0 Å². The Morgan fingerprint density at radius 3 is 1.24 bits per heavy atom. The van der Waals surface area contributed by atoms with Crippen LogP contribution in [0.2, 0.25) is 0 Å². The number of halogens is 2. The largest absolute Gasteiger partial charge is 0.508 e. The number of aliphatic hydroxyl groups excluding tert-OH is 4. The Balaban J connectivity index is 0.000000233. The van der Waals surface area contributed by atoms with Crippen molar-refractivity contribution in [3.8, 4) is 11.5 Å². The maximum Gasteiger partial charge on any atom is 0.233 e. The highest BCUT2D eigenvalue weighted by atomic mass is 19.1. The molecule has 4 saturated heterocycles. The Hall–Kier alpha value is -11.2. The van der Waals surface area contributed by atoms with E-state index in [-0.39, 0.29) is 68.0 Å². The molecule has 14 atom stereocenters. The molecule has 5 N–H and O–H groups in total. The lowest BCUT2D eigenvalue weighted by molar-refractivity contribution is -0.272. The number of carbonyl (C=O) groups excluding carboxylic acids is 4. The first-order valence-electron chi connectivity index (χ1n) is 40.4. The number of aryl methyl sites for hydroxylation is 2. The van der Waals surface area contributed by atoms with E-state index in [1.165, 1.54) is 54.6 Å². The van der Waals surface area contributed by atoms with Gasteiger partial charge in [0.2, 0.25) is 11.8 Å². The molecule has 0 aliphatic carbocycles. The third kappa shape index (κ3) is 20.9. The Morgan fingerprint density at radius 2 is 0.790 bits per heavy atom. The molecule has 0 radical (unpaired) electrons. The molecule has 15 rings (SSSR count). The number of Topliss-reactive ketones (excluding diaryl/α,β-unsaturated/α-hetero) is 2. The van der Waals surface area contributed by atoms with E-state index in [2.05, 4.69) is 30.3 Å². The molecule has 4 aliphatic rings. The van der Waals surface area contributed by atoms with E-state index in [0.29, 0.717) is 73.0 Å². The molecular weight excluding hydrogens is 1510 g/mol. The zero-order chi connectivity index (χ0) is 82.9. The summed E-state index contributed by atoms with van der Waals surface area (Å²) in [7, 11) is 0. The van der Waals surface area contributed by atoms with Gasteiger partial charge in [-0.15, -0.1) is 0 Å². The number of hydrogen-bond donors (Lipinski definition) is 5. The molecule has 614 valence electrons. The fourth-order valence-electron chi connectivity index (χ4n) is 16.1.